The van der Waals surface area contributed by atoms with Crippen molar-refractivity contribution in [1.29, 1.82) is 0 Å². The van der Waals surface area contributed by atoms with Crippen LogP contribution in [0.4, 0.5) is 0 Å². The van der Waals surface area contributed by atoms with Gasteiger partial charge in [0.2, 0.25) is 5.88 Å². The van der Waals surface area contributed by atoms with E-state index in [0.29, 0.717) is 11.5 Å². The highest BCUT2D eigenvalue weighted by molar-refractivity contribution is 5.42. The second-order valence-corrected chi connectivity index (χ2v) is 8.05. The molecule has 126 valence electrons. The second kappa shape index (κ2) is 5.54. The van der Waals surface area contributed by atoms with Crippen LogP contribution in [0.25, 0.3) is 5.65 Å². The Kier molecular flexibility index (Phi) is 3.78. The number of fused-ring (bicyclic) bond motifs is 1. The van der Waals surface area contributed by atoms with Crippen LogP contribution in [0.2, 0.25) is 0 Å². The van der Waals surface area contributed by atoms with Crippen LogP contribution in [0.3, 0.4) is 0 Å². The van der Waals surface area contributed by atoms with E-state index in [9.17, 15) is 0 Å². The average molecular weight is 325 g/mol. The minimum Gasteiger partial charge on any atom is -0.438 e. The maximum absolute atomic E-state index is 6.00. The van der Waals surface area contributed by atoms with E-state index in [-0.39, 0.29) is 10.8 Å². The molecule has 6 heteroatoms. The van der Waals surface area contributed by atoms with Crippen molar-refractivity contribution >= 4 is 5.65 Å². The number of rotatable bonds is 2. The first-order chi connectivity index (χ1) is 11.1. The summed E-state index contributed by atoms with van der Waals surface area (Å²) in [4.78, 5) is 0. The van der Waals surface area contributed by atoms with Crippen molar-refractivity contribution < 1.29 is 4.74 Å². The Bertz CT molecular complexity index is 839. The standard InChI is InChI=1S/C18H23N5O/c1-17(2,3)12-9-13(18(4,5)6)11-14(10-12)24-16-8-7-15-19-21-22-23(15)20-16/h7-11H,1-6H3. The Morgan fingerprint density at radius 1 is 0.875 bits per heavy atom. The number of ether oxygens (including phenoxy) is 1. The molecule has 0 aliphatic rings. The zero-order valence-electron chi connectivity index (χ0n) is 15.0. The van der Waals surface area contributed by atoms with Gasteiger partial charge < -0.3 is 4.74 Å². The van der Waals surface area contributed by atoms with E-state index in [1.165, 1.54) is 15.8 Å². The average Bonchev–Trinajstić information content (AvgIpc) is 2.92. The molecule has 0 unspecified atom stereocenters. The molecule has 0 N–H and O–H groups in total. The van der Waals surface area contributed by atoms with Crippen LogP contribution in [-0.2, 0) is 10.8 Å². The van der Waals surface area contributed by atoms with Crippen molar-refractivity contribution in [3.63, 3.8) is 0 Å². The minimum absolute atomic E-state index is 0.0343. The molecule has 0 fully saturated rings. The molecule has 3 aromatic rings. The molecule has 0 spiro atoms. The molecule has 2 heterocycles. The molecule has 0 saturated carbocycles. The first-order valence-corrected chi connectivity index (χ1v) is 8.02. The third kappa shape index (κ3) is 3.37. The van der Waals surface area contributed by atoms with E-state index in [1.807, 2.05) is 0 Å². The van der Waals surface area contributed by atoms with Crippen molar-refractivity contribution in [2.45, 2.75) is 52.4 Å². The molecule has 0 aliphatic carbocycles. The maximum atomic E-state index is 6.00. The molecular weight excluding hydrogens is 302 g/mol. The highest BCUT2D eigenvalue weighted by Crippen LogP contribution is 2.34. The molecule has 6 nitrogen and oxygen atoms in total. The Morgan fingerprint density at radius 3 is 2.08 bits per heavy atom. The summed E-state index contributed by atoms with van der Waals surface area (Å²) in [6.45, 7) is 13.2. The maximum Gasteiger partial charge on any atom is 0.239 e. The molecule has 0 aliphatic heterocycles. The first-order valence-electron chi connectivity index (χ1n) is 8.02. The van der Waals surface area contributed by atoms with Gasteiger partial charge in [0.15, 0.2) is 5.65 Å². The lowest BCUT2D eigenvalue weighted by molar-refractivity contribution is 0.441. The van der Waals surface area contributed by atoms with E-state index in [2.05, 4.69) is 80.4 Å². The zero-order chi connectivity index (χ0) is 17.5. The Hall–Kier alpha value is -2.50. The monoisotopic (exact) mass is 325 g/mol. The summed E-state index contributed by atoms with van der Waals surface area (Å²) in [6, 6.07) is 9.94. The van der Waals surface area contributed by atoms with Gasteiger partial charge in [-0.3, -0.25) is 0 Å². The Balaban J connectivity index is 2.02. The fraction of sp³-hybridized carbons (Fsp3) is 0.444. The zero-order valence-corrected chi connectivity index (χ0v) is 15.0. The third-order valence-corrected chi connectivity index (χ3v) is 3.91. The van der Waals surface area contributed by atoms with Crippen LogP contribution in [-0.4, -0.2) is 25.3 Å². The van der Waals surface area contributed by atoms with Crippen LogP contribution >= 0.6 is 0 Å². The number of hydrogen-bond donors (Lipinski definition) is 0. The predicted molar refractivity (Wildman–Crippen MR) is 92.5 cm³/mol. The van der Waals surface area contributed by atoms with E-state index in [1.54, 1.807) is 12.1 Å². The lowest BCUT2D eigenvalue weighted by Gasteiger charge is -2.26. The van der Waals surface area contributed by atoms with Gasteiger partial charge in [0.05, 0.1) is 0 Å². The summed E-state index contributed by atoms with van der Waals surface area (Å²) < 4.78 is 7.35. The van der Waals surface area contributed by atoms with Crippen molar-refractivity contribution in [3.8, 4) is 11.6 Å². The van der Waals surface area contributed by atoms with Gasteiger partial charge in [-0.25, -0.2) is 0 Å². The van der Waals surface area contributed by atoms with E-state index >= 15 is 0 Å². The van der Waals surface area contributed by atoms with E-state index < -0.39 is 0 Å². The van der Waals surface area contributed by atoms with Crippen LogP contribution in [0.1, 0.15) is 52.7 Å². The number of hydrogen-bond acceptors (Lipinski definition) is 5. The van der Waals surface area contributed by atoms with Gasteiger partial charge in [0.25, 0.3) is 0 Å². The molecule has 0 atom stereocenters. The van der Waals surface area contributed by atoms with Gasteiger partial charge in [-0.15, -0.1) is 14.8 Å². The summed E-state index contributed by atoms with van der Waals surface area (Å²) in [5, 5.41) is 15.5. The Morgan fingerprint density at radius 2 is 1.50 bits per heavy atom. The van der Waals surface area contributed by atoms with E-state index in [4.69, 9.17) is 4.74 Å². The first kappa shape index (κ1) is 16.4. The van der Waals surface area contributed by atoms with Crippen LogP contribution < -0.4 is 4.74 Å². The van der Waals surface area contributed by atoms with Crippen molar-refractivity contribution in [2.75, 3.05) is 0 Å². The van der Waals surface area contributed by atoms with Crippen LogP contribution in [0.15, 0.2) is 30.3 Å². The summed E-state index contributed by atoms with van der Waals surface area (Å²) in [6.07, 6.45) is 0. The minimum atomic E-state index is 0.0343. The normalized spacial score (nSPS) is 12.6. The van der Waals surface area contributed by atoms with Gasteiger partial charge in [-0.05, 0) is 50.6 Å². The summed E-state index contributed by atoms with van der Waals surface area (Å²) in [7, 11) is 0. The smallest absolute Gasteiger partial charge is 0.239 e. The molecular formula is C18H23N5O. The summed E-state index contributed by atoms with van der Waals surface area (Å²) in [5.74, 6) is 1.23. The highest BCUT2D eigenvalue weighted by atomic mass is 16.5. The van der Waals surface area contributed by atoms with Gasteiger partial charge in [0.1, 0.15) is 5.75 Å². The predicted octanol–water partition coefficient (Wildman–Crippen LogP) is 3.91. The summed E-state index contributed by atoms with van der Waals surface area (Å²) >= 11 is 0. The van der Waals surface area contributed by atoms with Gasteiger partial charge >= 0.3 is 0 Å². The molecule has 1 aromatic carbocycles. The van der Waals surface area contributed by atoms with Gasteiger partial charge in [0, 0.05) is 6.07 Å². The van der Waals surface area contributed by atoms with Gasteiger partial charge in [-0.1, -0.05) is 47.6 Å². The molecule has 0 radical (unpaired) electrons. The lowest BCUT2D eigenvalue weighted by Crippen LogP contribution is -2.16. The largest absolute Gasteiger partial charge is 0.438 e. The lowest BCUT2D eigenvalue weighted by atomic mass is 9.80. The number of tetrazole rings is 1. The number of benzene rings is 1. The molecule has 0 bridgehead atoms. The van der Waals surface area contributed by atoms with Crippen molar-refractivity contribution in [3.05, 3.63) is 41.5 Å². The van der Waals surface area contributed by atoms with Crippen molar-refractivity contribution in [1.82, 2.24) is 25.3 Å². The Labute approximate surface area is 141 Å². The highest BCUT2D eigenvalue weighted by Gasteiger charge is 2.21. The summed E-state index contributed by atoms with van der Waals surface area (Å²) in [5.41, 5.74) is 3.11. The number of nitrogens with zero attached hydrogens (tertiary/aromatic N) is 5. The van der Waals surface area contributed by atoms with Crippen LogP contribution in [0.5, 0.6) is 11.6 Å². The van der Waals surface area contributed by atoms with Gasteiger partial charge in [-0.2, -0.15) is 0 Å². The van der Waals surface area contributed by atoms with Crippen molar-refractivity contribution in [2.24, 2.45) is 0 Å². The topological polar surface area (TPSA) is 65.2 Å². The molecule has 3 rings (SSSR count). The second-order valence-electron chi connectivity index (χ2n) is 8.05. The fourth-order valence-corrected chi connectivity index (χ4v) is 2.33. The number of aromatic nitrogens is 5. The molecule has 2 aromatic heterocycles. The molecule has 0 saturated heterocycles. The molecule has 0 amide bonds. The fourth-order valence-electron chi connectivity index (χ4n) is 2.33. The third-order valence-electron chi connectivity index (χ3n) is 3.91. The SMILES string of the molecule is CC(C)(C)c1cc(Oc2ccc3nnnn3n2)cc(C(C)(C)C)c1. The van der Waals surface area contributed by atoms with Crippen LogP contribution in [0, 0.1) is 0 Å². The quantitative estimate of drug-likeness (QED) is 0.715. The van der Waals surface area contributed by atoms with E-state index in [0.717, 1.165) is 5.75 Å². The molecule has 24 heavy (non-hydrogen) atoms.